The molecule has 6 heteroatoms. The second-order valence-corrected chi connectivity index (χ2v) is 6.33. The van der Waals surface area contributed by atoms with Crippen LogP contribution in [0.2, 0.25) is 0 Å². The number of nitrogens with one attached hydrogen (secondary N) is 2. The molecule has 0 spiro atoms. The molecule has 3 heterocycles. The van der Waals surface area contributed by atoms with Crippen molar-refractivity contribution in [1.82, 2.24) is 15.8 Å². The first kappa shape index (κ1) is 15.2. The SMILES string of the molecule is CN=C(NCc1cc(-c2ccccc2)no1)NC1CC2CCC1O2. The van der Waals surface area contributed by atoms with E-state index >= 15 is 0 Å². The molecule has 2 fully saturated rings. The second-order valence-electron chi connectivity index (χ2n) is 6.33. The topological polar surface area (TPSA) is 71.7 Å². The first-order valence-electron chi connectivity index (χ1n) is 8.45. The monoisotopic (exact) mass is 326 g/mol. The van der Waals surface area contributed by atoms with Crippen LogP contribution in [0.15, 0.2) is 45.9 Å². The maximum atomic E-state index is 5.87. The fourth-order valence-electron chi connectivity index (χ4n) is 3.47. The van der Waals surface area contributed by atoms with E-state index < -0.39 is 0 Å². The maximum absolute atomic E-state index is 5.87. The van der Waals surface area contributed by atoms with Gasteiger partial charge in [-0.2, -0.15) is 0 Å². The Morgan fingerprint density at radius 3 is 2.88 bits per heavy atom. The van der Waals surface area contributed by atoms with E-state index in [9.17, 15) is 0 Å². The standard InChI is InChI=1S/C18H22N4O2/c1-19-18(21-16-9-13-7-8-17(16)23-13)20-11-14-10-15(22-24-14)12-5-3-2-4-6-12/h2-6,10,13,16-17H,7-9,11H2,1H3,(H2,19,20,21). The molecule has 126 valence electrons. The fourth-order valence-corrected chi connectivity index (χ4v) is 3.47. The fraction of sp³-hybridized carbons (Fsp3) is 0.444. The van der Waals surface area contributed by atoms with Gasteiger partial charge in [-0.25, -0.2) is 0 Å². The number of guanidine groups is 1. The first-order chi connectivity index (χ1) is 11.8. The van der Waals surface area contributed by atoms with Crippen molar-refractivity contribution in [2.75, 3.05) is 7.05 Å². The Morgan fingerprint density at radius 2 is 2.17 bits per heavy atom. The third-order valence-corrected chi connectivity index (χ3v) is 4.71. The van der Waals surface area contributed by atoms with Crippen LogP contribution < -0.4 is 10.6 Å². The van der Waals surface area contributed by atoms with Gasteiger partial charge in [-0.1, -0.05) is 35.5 Å². The number of aromatic nitrogens is 1. The van der Waals surface area contributed by atoms with Crippen molar-refractivity contribution in [3.63, 3.8) is 0 Å². The summed E-state index contributed by atoms with van der Waals surface area (Å²) in [5, 5.41) is 10.9. The van der Waals surface area contributed by atoms with E-state index in [4.69, 9.17) is 9.26 Å². The molecule has 0 aliphatic carbocycles. The quantitative estimate of drug-likeness (QED) is 0.666. The van der Waals surface area contributed by atoms with Gasteiger partial charge in [0.2, 0.25) is 0 Å². The van der Waals surface area contributed by atoms with Crippen LogP contribution in [0.3, 0.4) is 0 Å². The number of hydrogen-bond donors (Lipinski definition) is 2. The minimum absolute atomic E-state index is 0.323. The molecule has 0 saturated carbocycles. The molecule has 2 saturated heterocycles. The molecule has 2 aliphatic heterocycles. The van der Waals surface area contributed by atoms with Gasteiger partial charge in [0.05, 0.1) is 24.8 Å². The van der Waals surface area contributed by atoms with Crippen LogP contribution in [0, 0.1) is 0 Å². The third-order valence-electron chi connectivity index (χ3n) is 4.71. The summed E-state index contributed by atoms with van der Waals surface area (Å²) in [4.78, 5) is 4.29. The number of hydrogen-bond acceptors (Lipinski definition) is 4. The van der Waals surface area contributed by atoms with Crippen molar-refractivity contribution >= 4 is 5.96 Å². The van der Waals surface area contributed by atoms with Gasteiger partial charge >= 0.3 is 0 Å². The predicted molar refractivity (Wildman–Crippen MR) is 91.6 cm³/mol. The van der Waals surface area contributed by atoms with Crippen LogP contribution >= 0.6 is 0 Å². The number of benzene rings is 1. The summed E-state index contributed by atoms with van der Waals surface area (Å²) in [5.41, 5.74) is 1.89. The number of fused-ring (bicyclic) bond motifs is 2. The molecule has 2 aliphatic rings. The van der Waals surface area contributed by atoms with Crippen molar-refractivity contribution in [1.29, 1.82) is 0 Å². The Bertz CT molecular complexity index is 713. The van der Waals surface area contributed by atoms with Crippen LogP contribution in [0.25, 0.3) is 11.3 Å². The summed E-state index contributed by atoms with van der Waals surface area (Å²) >= 11 is 0. The summed E-state index contributed by atoms with van der Waals surface area (Å²) in [7, 11) is 1.78. The van der Waals surface area contributed by atoms with Crippen LogP contribution in [-0.2, 0) is 11.3 Å². The summed E-state index contributed by atoms with van der Waals surface area (Å²) in [5.74, 6) is 1.55. The molecular weight excluding hydrogens is 304 g/mol. The summed E-state index contributed by atoms with van der Waals surface area (Å²) < 4.78 is 11.3. The van der Waals surface area contributed by atoms with Crippen molar-refractivity contribution in [3.8, 4) is 11.3 Å². The highest BCUT2D eigenvalue weighted by Gasteiger charge is 2.41. The lowest BCUT2D eigenvalue weighted by atomic mass is 9.96. The molecule has 24 heavy (non-hydrogen) atoms. The normalized spacial score (nSPS) is 25.9. The lowest BCUT2D eigenvalue weighted by Crippen LogP contribution is -2.47. The molecule has 6 nitrogen and oxygen atoms in total. The van der Waals surface area contributed by atoms with E-state index in [0.29, 0.717) is 24.8 Å². The molecule has 3 unspecified atom stereocenters. The zero-order valence-corrected chi connectivity index (χ0v) is 13.7. The first-order valence-corrected chi connectivity index (χ1v) is 8.45. The van der Waals surface area contributed by atoms with Gasteiger partial charge in [0.15, 0.2) is 11.7 Å². The number of ether oxygens (including phenoxy) is 1. The van der Waals surface area contributed by atoms with E-state index in [1.54, 1.807) is 7.05 Å². The molecule has 0 radical (unpaired) electrons. The van der Waals surface area contributed by atoms with Gasteiger partial charge < -0.3 is 19.9 Å². The Kier molecular flexibility index (Phi) is 4.21. The molecular formula is C18H22N4O2. The highest BCUT2D eigenvalue weighted by molar-refractivity contribution is 5.80. The van der Waals surface area contributed by atoms with Crippen LogP contribution in [0.1, 0.15) is 25.0 Å². The molecule has 4 rings (SSSR count). The molecule has 0 amide bonds. The largest absolute Gasteiger partial charge is 0.373 e. The van der Waals surface area contributed by atoms with Gasteiger partial charge in [0, 0.05) is 18.7 Å². The Balaban J connectivity index is 1.33. The van der Waals surface area contributed by atoms with Crippen LogP contribution in [0.5, 0.6) is 0 Å². The lowest BCUT2D eigenvalue weighted by Gasteiger charge is -2.22. The molecule has 1 aromatic heterocycles. The average molecular weight is 326 g/mol. The van der Waals surface area contributed by atoms with Gasteiger partial charge in [0.1, 0.15) is 5.69 Å². The number of nitrogens with zero attached hydrogens (tertiary/aromatic N) is 2. The Morgan fingerprint density at radius 1 is 1.29 bits per heavy atom. The molecule has 3 atom stereocenters. The molecule has 2 bridgehead atoms. The minimum atomic E-state index is 0.323. The van der Waals surface area contributed by atoms with E-state index in [1.807, 2.05) is 36.4 Å². The zero-order valence-electron chi connectivity index (χ0n) is 13.7. The van der Waals surface area contributed by atoms with Crippen LogP contribution in [-0.4, -0.2) is 36.4 Å². The van der Waals surface area contributed by atoms with Gasteiger partial charge in [0.25, 0.3) is 0 Å². The van der Waals surface area contributed by atoms with E-state index in [2.05, 4.69) is 20.8 Å². The van der Waals surface area contributed by atoms with Gasteiger partial charge in [-0.15, -0.1) is 0 Å². The van der Waals surface area contributed by atoms with Gasteiger partial charge in [-0.05, 0) is 19.3 Å². The number of rotatable bonds is 4. The predicted octanol–water partition coefficient (Wildman–Crippen LogP) is 2.33. The van der Waals surface area contributed by atoms with Crippen molar-refractivity contribution in [2.45, 2.75) is 44.1 Å². The molecule has 1 aromatic carbocycles. The Labute approximate surface area is 141 Å². The van der Waals surface area contributed by atoms with E-state index in [1.165, 1.54) is 6.42 Å². The highest BCUT2D eigenvalue weighted by Crippen LogP contribution is 2.34. The summed E-state index contributed by atoms with van der Waals surface area (Å²) in [6.45, 7) is 0.543. The highest BCUT2D eigenvalue weighted by atomic mass is 16.5. The summed E-state index contributed by atoms with van der Waals surface area (Å²) in [6.07, 6.45) is 4.14. The summed E-state index contributed by atoms with van der Waals surface area (Å²) in [6, 6.07) is 12.3. The average Bonchev–Trinajstić information content (AvgIpc) is 3.36. The third kappa shape index (κ3) is 3.14. The van der Waals surface area contributed by atoms with Crippen molar-refractivity contribution < 1.29 is 9.26 Å². The molecule has 2 N–H and O–H groups in total. The Hall–Kier alpha value is -2.34. The van der Waals surface area contributed by atoms with Gasteiger partial charge in [-0.3, -0.25) is 4.99 Å². The molecule has 2 aromatic rings. The second kappa shape index (κ2) is 6.65. The van der Waals surface area contributed by atoms with Crippen LogP contribution in [0.4, 0.5) is 0 Å². The minimum Gasteiger partial charge on any atom is -0.373 e. The zero-order chi connectivity index (χ0) is 16.4. The van der Waals surface area contributed by atoms with Crippen molar-refractivity contribution in [2.24, 2.45) is 4.99 Å². The lowest BCUT2D eigenvalue weighted by molar-refractivity contribution is 0.0992. The van der Waals surface area contributed by atoms with Crippen molar-refractivity contribution in [3.05, 3.63) is 42.2 Å². The number of aliphatic imine (C=N–C) groups is 1. The maximum Gasteiger partial charge on any atom is 0.191 e. The van der Waals surface area contributed by atoms with E-state index in [-0.39, 0.29) is 0 Å². The smallest absolute Gasteiger partial charge is 0.191 e. The van der Waals surface area contributed by atoms with E-state index in [0.717, 1.165) is 35.8 Å².